The van der Waals surface area contributed by atoms with E-state index in [2.05, 4.69) is 42.3 Å². The van der Waals surface area contributed by atoms with Gasteiger partial charge in [-0.25, -0.2) is 0 Å². The van der Waals surface area contributed by atoms with Gasteiger partial charge in [-0.1, -0.05) is 24.3 Å². The summed E-state index contributed by atoms with van der Waals surface area (Å²) in [5.41, 5.74) is 2.12. The van der Waals surface area contributed by atoms with Crippen LogP contribution in [-0.2, 0) is 10.2 Å². The van der Waals surface area contributed by atoms with Crippen molar-refractivity contribution in [2.24, 2.45) is 0 Å². The van der Waals surface area contributed by atoms with Crippen LogP contribution in [0.2, 0.25) is 0 Å². The molecule has 2 aliphatic rings. The number of nitrogens with zero attached hydrogens (tertiary/aromatic N) is 2. The molecule has 1 unspecified atom stereocenters. The molecule has 3 rings (SSSR count). The van der Waals surface area contributed by atoms with Gasteiger partial charge < -0.3 is 9.64 Å². The third-order valence-corrected chi connectivity index (χ3v) is 4.24. The molecule has 0 aromatic heterocycles. The van der Waals surface area contributed by atoms with Crippen molar-refractivity contribution in [2.75, 3.05) is 33.4 Å². The van der Waals surface area contributed by atoms with E-state index in [1.54, 1.807) is 0 Å². The standard InChI is InChI=1S/C15H18N2O/c1-17-7-6-13(8-17)12-2-4-14(5-3-12)15(9-16)10-18-11-15/h2-5,13H,6-8,10-11H2,1H3. The summed E-state index contributed by atoms with van der Waals surface area (Å²) in [6.07, 6.45) is 1.24. The van der Waals surface area contributed by atoms with Crippen LogP contribution >= 0.6 is 0 Å². The third kappa shape index (κ3) is 1.82. The molecule has 0 radical (unpaired) electrons. The van der Waals surface area contributed by atoms with Gasteiger partial charge in [-0.2, -0.15) is 5.26 Å². The van der Waals surface area contributed by atoms with Crippen LogP contribution in [0.1, 0.15) is 23.5 Å². The van der Waals surface area contributed by atoms with Crippen molar-refractivity contribution in [2.45, 2.75) is 17.8 Å². The molecular formula is C15H18N2O. The SMILES string of the molecule is CN1CCC(c2ccc(C3(C#N)COC3)cc2)C1. The van der Waals surface area contributed by atoms with Crippen molar-refractivity contribution >= 4 is 0 Å². The number of rotatable bonds is 2. The van der Waals surface area contributed by atoms with Crippen LogP contribution in [0.15, 0.2) is 24.3 Å². The Morgan fingerprint density at radius 1 is 1.33 bits per heavy atom. The highest BCUT2D eigenvalue weighted by Gasteiger charge is 2.40. The maximum absolute atomic E-state index is 9.27. The van der Waals surface area contributed by atoms with E-state index in [4.69, 9.17) is 4.74 Å². The molecular weight excluding hydrogens is 224 g/mol. The Hall–Kier alpha value is -1.37. The lowest BCUT2D eigenvalue weighted by atomic mass is 9.79. The van der Waals surface area contributed by atoms with E-state index < -0.39 is 0 Å². The third-order valence-electron chi connectivity index (χ3n) is 4.24. The molecule has 94 valence electrons. The van der Waals surface area contributed by atoms with Gasteiger partial charge in [0.2, 0.25) is 0 Å². The minimum atomic E-state index is -0.384. The monoisotopic (exact) mass is 242 g/mol. The van der Waals surface area contributed by atoms with Crippen LogP contribution in [0.5, 0.6) is 0 Å². The molecule has 18 heavy (non-hydrogen) atoms. The first-order valence-corrected chi connectivity index (χ1v) is 6.51. The Bertz CT molecular complexity index is 470. The van der Waals surface area contributed by atoms with Crippen LogP contribution < -0.4 is 0 Å². The zero-order valence-corrected chi connectivity index (χ0v) is 10.7. The quantitative estimate of drug-likeness (QED) is 0.794. The van der Waals surface area contributed by atoms with Gasteiger partial charge in [0.1, 0.15) is 5.41 Å². The zero-order valence-electron chi connectivity index (χ0n) is 10.7. The van der Waals surface area contributed by atoms with Gasteiger partial charge in [0.25, 0.3) is 0 Å². The minimum absolute atomic E-state index is 0.384. The lowest BCUT2D eigenvalue weighted by Crippen LogP contribution is -2.45. The molecule has 1 aromatic carbocycles. The molecule has 0 N–H and O–H groups in total. The summed E-state index contributed by atoms with van der Waals surface area (Å²) >= 11 is 0. The zero-order chi connectivity index (χ0) is 12.6. The number of ether oxygens (including phenoxy) is 1. The summed E-state index contributed by atoms with van der Waals surface area (Å²) < 4.78 is 5.20. The number of likely N-dealkylation sites (N-methyl/N-ethyl adjacent to an activating group) is 1. The molecule has 2 heterocycles. The van der Waals surface area contributed by atoms with Crippen molar-refractivity contribution in [3.05, 3.63) is 35.4 Å². The van der Waals surface area contributed by atoms with Crippen molar-refractivity contribution < 1.29 is 4.74 Å². The largest absolute Gasteiger partial charge is 0.377 e. The van der Waals surface area contributed by atoms with Gasteiger partial charge in [0.15, 0.2) is 0 Å². The first kappa shape index (κ1) is 11.7. The summed E-state index contributed by atoms with van der Waals surface area (Å²) in [7, 11) is 2.17. The second kappa shape index (κ2) is 4.38. The van der Waals surface area contributed by atoms with E-state index in [1.165, 1.54) is 18.5 Å². The molecule has 0 amide bonds. The van der Waals surface area contributed by atoms with E-state index in [1.807, 2.05) is 0 Å². The molecule has 2 aliphatic heterocycles. The Balaban J connectivity index is 1.79. The Morgan fingerprint density at radius 2 is 2.06 bits per heavy atom. The molecule has 0 saturated carbocycles. The number of nitriles is 1. The highest BCUT2D eigenvalue weighted by atomic mass is 16.5. The maximum atomic E-state index is 9.27. The van der Waals surface area contributed by atoms with Crippen LogP contribution in [0, 0.1) is 11.3 Å². The van der Waals surface area contributed by atoms with E-state index in [9.17, 15) is 5.26 Å². The van der Waals surface area contributed by atoms with Crippen molar-refractivity contribution in [1.29, 1.82) is 5.26 Å². The van der Waals surface area contributed by atoms with Gasteiger partial charge >= 0.3 is 0 Å². The number of hydrogen-bond acceptors (Lipinski definition) is 3. The first-order valence-electron chi connectivity index (χ1n) is 6.51. The van der Waals surface area contributed by atoms with Crippen molar-refractivity contribution in [3.8, 4) is 6.07 Å². The molecule has 3 heteroatoms. The van der Waals surface area contributed by atoms with Gasteiger partial charge in [-0.15, -0.1) is 0 Å². The number of hydrogen-bond donors (Lipinski definition) is 0. The average Bonchev–Trinajstić information content (AvgIpc) is 2.76. The van der Waals surface area contributed by atoms with Gasteiger partial charge in [0, 0.05) is 6.54 Å². The summed E-state index contributed by atoms with van der Waals surface area (Å²) in [5, 5.41) is 9.27. The van der Waals surface area contributed by atoms with Crippen molar-refractivity contribution in [3.63, 3.8) is 0 Å². The molecule has 1 atom stereocenters. The Morgan fingerprint density at radius 3 is 2.50 bits per heavy atom. The fourth-order valence-electron chi connectivity index (χ4n) is 2.88. The van der Waals surface area contributed by atoms with Crippen molar-refractivity contribution in [1.82, 2.24) is 4.90 Å². The lowest BCUT2D eigenvalue weighted by Gasteiger charge is -2.35. The fraction of sp³-hybridized carbons (Fsp3) is 0.533. The fourth-order valence-corrected chi connectivity index (χ4v) is 2.88. The molecule has 0 aliphatic carbocycles. The van der Waals surface area contributed by atoms with Crippen LogP contribution in [-0.4, -0.2) is 38.3 Å². The van der Waals surface area contributed by atoms with Gasteiger partial charge in [0.05, 0.1) is 19.3 Å². The van der Waals surface area contributed by atoms with Crippen LogP contribution in [0.25, 0.3) is 0 Å². The average molecular weight is 242 g/mol. The number of likely N-dealkylation sites (tertiary alicyclic amines) is 1. The smallest absolute Gasteiger partial charge is 0.129 e. The molecule has 1 aromatic rings. The van der Waals surface area contributed by atoms with Crippen LogP contribution in [0.4, 0.5) is 0 Å². The van der Waals surface area contributed by atoms with E-state index >= 15 is 0 Å². The van der Waals surface area contributed by atoms with E-state index in [0.717, 1.165) is 12.1 Å². The predicted octanol–water partition coefficient (Wildman–Crippen LogP) is 1.90. The molecule has 0 bridgehead atoms. The Labute approximate surface area is 108 Å². The predicted molar refractivity (Wildman–Crippen MR) is 69.4 cm³/mol. The molecule has 0 spiro atoms. The second-order valence-electron chi connectivity index (χ2n) is 5.56. The summed E-state index contributed by atoms with van der Waals surface area (Å²) in [6.45, 7) is 3.40. The number of benzene rings is 1. The highest BCUT2D eigenvalue weighted by Crippen LogP contribution is 2.33. The Kier molecular flexibility index (Phi) is 2.85. The second-order valence-corrected chi connectivity index (χ2v) is 5.56. The topological polar surface area (TPSA) is 36.3 Å². The van der Waals surface area contributed by atoms with E-state index in [0.29, 0.717) is 19.1 Å². The normalized spacial score (nSPS) is 26.6. The molecule has 3 nitrogen and oxygen atoms in total. The maximum Gasteiger partial charge on any atom is 0.129 e. The van der Waals surface area contributed by atoms with E-state index in [-0.39, 0.29) is 5.41 Å². The molecule has 2 fully saturated rings. The minimum Gasteiger partial charge on any atom is -0.377 e. The highest BCUT2D eigenvalue weighted by molar-refractivity contribution is 5.38. The van der Waals surface area contributed by atoms with Gasteiger partial charge in [-0.05, 0) is 37.1 Å². The van der Waals surface area contributed by atoms with Gasteiger partial charge in [-0.3, -0.25) is 0 Å². The first-order chi connectivity index (χ1) is 8.73. The summed E-state index contributed by atoms with van der Waals surface area (Å²) in [5.74, 6) is 0.653. The molecule has 2 saturated heterocycles. The van der Waals surface area contributed by atoms with Crippen LogP contribution in [0.3, 0.4) is 0 Å². The summed E-state index contributed by atoms with van der Waals surface area (Å²) in [6, 6.07) is 11.0. The summed E-state index contributed by atoms with van der Waals surface area (Å²) in [4.78, 5) is 2.37. The lowest BCUT2D eigenvalue weighted by molar-refractivity contribution is -0.0298.